The summed E-state index contributed by atoms with van der Waals surface area (Å²) in [5, 5.41) is 0. The maximum atomic E-state index is 12.2. The number of imide groups is 1. The van der Waals surface area contributed by atoms with Crippen LogP contribution in [0.1, 0.15) is 34.7 Å². The lowest BCUT2D eigenvalue weighted by atomic mass is 10.0. The number of pyridine rings is 1. The molecular weight excluding hydrogens is 250 g/mol. The highest BCUT2D eigenvalue weighted by Gasteiger charge is 2.42. The summed E-state index contributed by atoms with van der Waals surface area (Å²) in [5.41, 5.74) is 6.12. The van der Waals surface area contributed by atoms with Crippen LogP contribution in [0.25, 0.3) is 0 Å². The van der Waals surface area contributed by atoms with E-state index in [2.05, 4.69) is 4.98 Å². The Kier molecular flexibility index (Phi) is 3.13. The highest BCUT2D eigenvalue weighted by Crippen LogP contribution is 2.25. The lowest BCUT2D eigenvalue weighted by Crippen LogP contribution is -2.50. The predicted octanol–water partition coefficient (Wildman–Crippen LogP) is 0.988. The normalized spacial score (nSPS) is 16.1. The van der Waals surface area contributed by atoms with Crippen molar-refractivity contribution in [2.45, 2.75) is 19.9 Å². The van der Waals surface area contributed by atoms with Crippen LogP contribution in [0.2, 0.25) is 0 Å². The highest BCUT2D eigenvalue weighted by molar-refractivity contribution is 7.80. The summed E-state index contributed by atoms with van der Waals surface area (Å²) in [5.74, 6) is -0.846. The van der Waals surface area contributed by atoms with Crippen LogP contribution in [0.5, 0.6) is 0 Å². The van der Waals surface area contributed by atoms with E-state index in [1.54, 1.807) is 12.1 Å². The first kappa shape index (κ1) is 12.6. The number of amides is 2. The van der Waals surface area contributed by atoms with Gasteiger partial charge < -0.3 is 5.73 Å². The number of hydrogen-bond acceptors (Lipinski definition) is 4. The molecular formula is C12H13N3O2S. The Hall–Kier alpha value is -1.82. The van der Waals surface area contributed by atoms with Crippen molar-refractivity contribution < 1.29 is 9.59 Å². The molecule has 2 N–H and O–H groups in total. The van der Waals surface area contributed by atoms with Crippen molar-refractivity contribution in [2.24, 2.45) is 11.7 Å². The smallest absolute Gasteiger partial charge is 0.280 e. The fraction of sp³-hybridized carbons (Fsp3) is 0.333. The molecule has 2 heterocycles. The van der Waals surface area contributed by atoms with E-state index in [9.17, 15) is 9.59 Å². The predicted molar refractivity (Wildman–Crippen MR) is 70.1 cm³/mol. The number of nitrogens with two attached hydrogens (primary N) is 1. The van der Waals surface area contributed by atoms with Crippen LogP contribution in [0.4, 0.5) is 0 Å². The van der Waals surface area contributed by atoms with Crippen molar-refractivity contribution in [3.8, 4) is 0 Å². The lowest BCUT2D eigenvalue weighted by Gasteiger charge is -2.28. The molecule has 2 rings (SSSR count). The van der Waals surface area contributed by atoms with E-state index < -0.39 is 11.9 Å². The highest BCUT2D eigenvalue weighted by atomic mass is 32.1. The maximum Gasteiger partial charge on any atom is 0.280 e. The zero-order valence-electron chi connectivity index (χ0n) is 10.1. The standard InChI is InChI=1S/C12H13N3O2S/c1-6(2)9(10(13)18)15-11(16)7-4-3-5-14-8(7)12(15)17/h3-6,9H,1-2H3,(H2,13,18). The van der Waals surface area contributed by atoms with Gasteiger partial charge in [0.1, 0.15) is 5.69 Å². The maximum absolute atomic E-state index is 12.2. The Labute approximate surface area is 110 Å². The van der Waals surface area contributed by atoms with Crippen LogP contribution >= 0.6 is 12.2 Å². The quantitative estimate of drug-likeness (QED) is 0.650. The third-order valence-electron chi connectivity index (χ3n) is 2.88. The largest absolute Gasteiger partial charge is 0.392 e. The summed E-state index contributed by atoms with van der Waals surface area (Å²) in [6.07, 6.45) is 1.48. The van der Waals surface area contributed by atoms with Gasteiger partial charge in [-0.15, -0.1) is 0 Å². The second-order valence-electron chi connectivity index (χ2n) is 4.47. The summed E-state index contributed by atoms with van der Waals surface area (Å²) in [6, 6.07) is 2.63. The lowest BCUT2D eigenvalue weighted by molar-refractivity contribution is 0.0596. The summed E-state index contributed by atoms with van der Waals surface area (Å²) in [7, 11) is 0. The molecule has 18 heavy (non-hydrogen) atoms. The van der Waals surface area contributed by atoms with Crippen LogP contribution in [0.15, 0.2) is 18.3 Å². The Balaban J connectivity index is 2.47. The first-order valence-electron chi connectivity index (χ1n) is 5.57. The number of carbonyl (C=O) groups is 2. The Morgan fingerprint density at radius 2 is 2.06 bits per heavy atom. The number of fused-ring (bicyclic) bond motifs is 1. The van der Waals surface area contributed by atoms with Crippen molar-refractivity contribution in [1.82, 2.24) is 9.88 Å². The molecule has 0 aromatic carbocycles. The molecule has 0 bridgehead atoms. The molecule has 0 radical (unpaired) electrons. The summed E-state index contributed by atoms with van der Waals surface area (Å²) in [4.78, 5) is 29.6. The van der Waals surface area contributed by atoms with E-state index in [0.29, 0.717) is 5.56 Å². The first-order valence-corrected chi connectivity index (χ1v) is 5.98. The van der Waals surface area contributed by atoms with Gasteiger partial charge in [0.15, 0.2) is 0 Å². The van der Waals surface area contributed by atoms with Crippen molar-refractivity contribution in [3.63, 3.8) is 0 Å². The van der Waals surface area contributed by atoms with E-state index in [1.165, 1.54) is 6.20 Å². The molecule has 0 fully saturated rings. The number of hydrogen-bond donors (Lipinski definition) is 1. The fourth-order valence-corrected chi connectivity index (χ4v) is 2.47. The molecule has 0 saturated heterocycles. The van der Waals surface area contributed by atoms with Crippen molar-refractivity contribution in [2.75, 3.05) is 0 Å². The molecule has 0 saturated carbocycles. The van der Waals surface area contributed by atoms with Crippen LogP contribution in [-0.2, 0) is 0 Å². The SMILES string of the molecule is CC(C)C(C(N)=S)N1C(=O)c2cccnc2C1=O. The molecule has 1 aliphatic rings. The van der Waals surface area contributed by atoms with Gasteiger partial charge in [0, 0.05) is 6.20 Å². The van der Waals surface area contributed by atoms with Crippen molar-refractivity contribution in [1.29, 1.82) is 0 Å². The topological polar surface area (TPSA) is 76.3 Å². The van der Waals surface area contributed by atoms with Gasteiger partial charge >= 0.3 is 0 Å². The van der Waals surface area contributed by atoms with Crippen LogP contribution < -0.4 is 5.73 Å². The average Bonchev–Trinajstić information content (AvgIpc) is 2.55. The van der Waals surface area contributed by atoms with Crippen molar-refractivity contribution in [3.05, 3.63) is 29.6 Å². The van der Waals surface area contributed by atoms with Gasteiger partial charge in [-0.1, -0.05) is 26.1 Å². The number of nitrogens with zero attached hydrogens (tertiary/aromatic N) is 2. The van der Waals surface area contributed by atoms with Gasteiger partial charge in [-0.25, -0.2) is 0 Å². The molecule has 6 heteroatoms. The molecule has 1 aliphatic heterocycles. The van der Waals surface area contributed by atoms with Crippen LogP contribution in [0, 0.1) is 5.92 Å². The average molecular weight is 263 g/mol. The zero-order chi connectivity index (χ0) is 13.4. The minimum absolute atomic E-state index is 0.0373. The van der Waals surface area contributed by atoms with E-state index in [1.807, 2.05) is 13.8 Å². The van der Waals surface area contributed by atoms with Gasteiger partial charge in [-0.05, 0) is 18.1 Å². The molecule has 94 valence electrons. The first-order chi connectivity index (χ1) is 8.45. The second-order valence-corrected chi connectivity index (χ2v) is 4.94. The monoisotopic (exact) mass is 263 g/mol. The molecule has 1 unspecified atom stereocenters. The third kappa shape index (κ3) is 1.78. The molecule has 2 amide bonds. The number of carbonyl (C=O) groups excluding carboxylic acids is 2. The molecule has 5 nitrogen and oxygen atoms in total. The molecule has 1 atom stereocenters. The van der Waals surface area contributed by atoms with E-state index in [4.69, 9.17) is 18.0 Å². The van der Waals surface area contributed by atoms with Gasteiger partial charge in [-0.3, -0.25) is 19.5 Å². The molecule has 1 aromatic heterocycles. The van der Waals surface area contributed by atoms with Crippen molar-refractivity contribution >= 4 is 29.0 Å². The molecule has 0 spiro atoms. The van der Waals surface area contributed by atoms with E-state index in [0.717, 1.165) is 4.90 Å². The van der Waals surface area contributed by atoms with Gasteiger partial charge in [0.05, 0.1) is 16.6 Å². The summed E-state index contributed by atoms with van der Waals surface area (Å²) < 4.78 is 0. The van der Waals surface area contributed by atoms with Gasteiger partial charge in [-0.2, -0.15) is 0 Å². The Bertz CT molecular complexity index is 507. The van der Waals surface area contributed by atoms with E-state index in [-0.39, 0.29) is 22.5 Å². The molecule has 0 aliphatic carbocycles. The number of thiocarbonyl (C=S) groups is 1. The number of rotatable bonds is 3. The van der Waals surface area contributed by atoms with Gasteiger partial charge in [0.25, 0.3) is 11.8 Å². The van der Waals surface area contributed by atoms with E-state index >= 15 is 0 Å². The third-order valence-corrected chi connectivity index (χ3v) is 3.12. The Morgan fingerprint density at radius 1 is 1.39 bits per heavy atom. The van der Waals surface area contributed by atoms with Crippen LogP contribution in [-0.4, -0.2) is 32.7 Å². The zero-order valence-corrected chi connectivity index (χ0v) is 10.9. The Morgan fingerprint density at radius 3 is 2.56 bits per heavy atom. The summed E-state index contributed by atoms with van der Waals surface area (Å²) in [6.45, 7) is 3.72. The number of aromatic nitrogens is 1. The van der Waals surface area contributed by atoms with Gasteiger partial charge in [0.2, 0.25) is 0 Å². The minimum Gasteiger partial charge on any atom is -0.392 e. The van der Waals surface area contributed by atoms with Crippen LogP contribution in [0.3, 0.4) is 0 Å². The molecule has 1 aromatic rings. The minimum atomic E-state index is -0.575. The second kappa shape index (κ2) is 4.45. The summed E-state index contributed by atoms with van der Waals surface area (Å²) >= 11 is 4.96. The fourth-order valence-electron chi connectivity index (χ4n) is 2.09.